The minimum Gasteiger partial charge on any atom is -0.487 e. The molecule has 33 heavy (non-hydrogen) atoms. The van der Waals surface area contributed by atoms with Gasteiger partial charge in [-0.25, -0.2) is 9.59 Å². The van der Waals surface area contributed by atoms with Gasteiger partial charge in [-0.15, -0.1) is 0 Å². The lowest BCUT2D eigenvalue weighted by molar-refractivity contribution is 0.0498. The SMILES string of the molecule is CCCCOC(=O)c1cnc2c(OCc3ccccc3)cc(NC(=O)OC(C)(C)C)cc2c1. The van der Waals surface area contributed by atoms with Gasteiger partial charge < -0.3 is 14.2 Å². The summed E-state index contributed by atoms with van der Waals surface area (Å²) in [5.41, 5.74) is 1.74. The first kappa shape index (κ1) is 24.0. The van der Waals surface area contributed by atoms with Gasteiger partial charge in [-0.05, 0) is 44.9 Å². The van der Waals surface area contributed by atoms with Crippen molar-refractivity contribution in [2.24, 2.45) is 0 Å². The van der Waals surface area contributed by atoms with Gasteiger partial charge in [-0.1, -0.05) is 43.7 Å². The summed E-state index contributed by atoms with van der Waals surface area (Å²) < 4.78 is 16.7. The van der Waals surface area contributed by atoms with Crippen molar-refractivity contribution < 1.29 is 23.8 Å². The van der Waals surface area contributed by atoms with E-state index in [9.17, 15) is 9.59 Å². The molecule has 0 aliphatic carbocycles. The third-order valence-corrected chi connectivity index (χ3v) is 4.60. The fourth-order valence-electron chi connectivity index (χ4n) is 3.06. The predicted octanol–water partition coefficient (Wildman–Crippen LogP) is 6.12. The summed E-state index contributed by atoms with van der Waals surface area (Å²) in [4.78, 5) is 29.2. The van der Waals surface area contributed by atoms with E-state index in [-0.39, 0.29) is 0 Å². The maximum absolute atomic E-state index is 12.4. The molecule has 2 aromatic carbocycles. The fraction of sp³-hybridized carbons (Fsp3) is 0.346. The molecule has 0 unspecified atom stereocenters. The zero-order valence-corrected chi connectivity index (χ0v) is 19.5. The molecule has 0 aliphatic heterocycles. The van der Waals surface area contributed by atoms with Crippen LogP contribution in [0.15, 0.2) is 54.7 Å². The second-order valence-corrected chi connectivity index (χ2v) is 8.66. The Morgan fingerprint density at radius 2 is 1.82 bits per heavy atom. The molecule has 1 aromatic heterocycles. The van der Waals surface area contributed by atoms with Crippen molar-refractivity contribution in [3.8, 4) is 5.75 Å². The highest BCUT2D eigenvalue weighted by Gasteiger charge is 2.18. The molecule has 3 aromatic rings. The number of hydrogen-bond donors (Lipinski definition) is 1. The minimum atomic E-state index is -0.634. The van der Waals surface area contributed by atoms with E-state index in [0.29, 0.717) is 41.1 Å². The quantitative estimate of drug-likeness (QED) is 0.329. The lowest BCUT2D eigenvalue weighted by Gasteiger charge is -2.20. The van der Waals surface area contributed by atoms with E-state index in [1.807, 2.05) is 37.3 Å². The first-order chi connectivity index (χ1) is 15.7. The van der Waals surface area contributed by atoms with Crippen LogP contribution in [0.5, 0.6) is 5.75 Å². The molecule has 0 spiro atoms. The number of carbonyl (C=O) groups is 2. The molecule has 1 heterocycles. The maximum Gasteiger partial charge on any atom is 0.412 e. The first-order valence-corrected chi connectivity index (χ1v) is 11.0. The molecule has 7 nitrogen and oxygen atoms in total. The van der Waals surface area contributed by atoms with Crippen molar-refractivity contribution in [1.82, 2.24) is 4.98 Å². The summed E-state index contributed by atoms with van der Waals surface area (Å²) in [6, 6.07) is 14.8. The highest BCUT2D eigenvalue weighted by molar-refractivity contribution is 5.97. The van der Waals surface area contributed by atoms with E-state index in [0.717, 1.165) is 18.4 Å². The Kier molecular flexibility index (Phi) is 7.87. The zero-order valence-electron chi connectivity index (χ0n) is 19.5. The summed E-state index contributed by atoms with van der Waals surface area (Å²) in [6.45, 7) is 8.10. The monoisotopic (exact) mass is 450 g/mol. The normalized spacial score (nSPS) is 11.2. The number of pyridine rings is 1. The number of rotatable bonds is 8. The number of nitrogens with one attached hydrogen (secondary N) is 1. The largest absolute Gasteiger partial charge is 0.487 e. The smallest absolute Gasteiger partial charge is 0.412 e. The van der Waals surface area contributed by atoms with Crippen LogP contribution in [-0.2, 0) is 16.1 Å². The zero-order chi connectivity index (χ0) is 23.8. The van der Waals surface area contributed by atoms with Crippen LogP contribution in [0.25, 0.3) is 10.9 Å². The van der Waals surface area contributed by atoms with Crippen molar-refractivity contribution in [2.45, 2.75) is 52.7 Å². The Bertz CT molecular complexity index is 1110. The summed E-state index contributed by atoms with van der Waals surface area (Å²) >= 11 is 0. The molecule has 0 saturated carbocycles. The number of hydrogen-bond acceptors (Lipinski definition) is 6. The molecule has 7 heteroatoms. The lowest BCUT2D eigenvalue weighted by atomic mass is 10.1. The van der Waals surface area contributed by atoms with E-state index >= 15 is 0 Å². The average molecular weight is 451 g/mol. The third-order valence-electron chi connectivity index (χ3n) is 4.60. The molecule has 1 N–H and O–H groups in total. The van der Waals surface area contributed by atoms with Gasteiger partial charge in [0.05, 0.1) is 12.2 Å². The number of nitrogens with zero attached hydrogens (tertiary/aromatic N) is 1. The van der Waals surface area contributed by atoms with Crippen LogP contribution in [0.2, 0.25) is 0 Å². The standard InChI is InChI=1S/C26H30N2O5/c1-5-6-12-31-24(29)20-13-19-14-21(28-25(30)33-26(2,3)4)15-22(23(19)27-16-20)32-17-18-10-8-7-9-11-18/h7-11,13-16H,5-6,12,17H2,1-4H3,(H,28,30). The summed E-state index contributed by atoms with van der Waals surface area (Å²) in [5, 5.41) is 3.37. The van der Waals surface area contributed by atoms with Gasteiger partial charge in [0.2, 0.25) is 0 Å². The number of aromatic nitrogens is 1. The van der Waals surface area contributed by atoms with Gasteiger partial charge in [0, 0.05) is 23.3 Å². The van der Waals surface area contributed by atoms with Gasteiger partial charge in [-0.2, -0.15) is 0 Å². The molecule has 0 bridgehead atoms. The average Bonchev–Trinajstić information content (AvgIpc) is 2.76. The number of ether oxygens (including phenoxy) is 3. The summed E-state index contributed by atoms with van der Waals surface area (Å²) in [7, 11) is 0. The highest BCUT2D eigenvalue weighted by Crippen LogP contribution is 2.30. The Labute approximate surface area is 194 Å². The highest BCUT2D eigenvalue weighted by atomic mass is 16.6. The van der Waals surface area contributed by atoms with Crippen LogP contribution in [0.3, 0.4) is 0 Å². The molecule has 0 atom stereocenters. The van der Waals surface area contributed by atoms with E-state index in [1.165, 1.54) is 6.20 Å². The molecule has 1 amide bonds. The molecule has 0 radical (unpaired) electrons. The Hall–Kier alpha value is -3.61. The topological polar surface area (TPSA) is 86.8 Å². The van der Waals surface area contributed by atoms with Crippen molar-refractivity contribution in [3.05, 3.63) is 65.9 Å². The van der Waals surface area contributed by atoms with E-state index in [4.69, 9.17) is 14.2 Å². The molecule has 174 valence electrons. The number of anilines is 1. The number of carbonyl (C=O) groups excluding carboxylic acids is 2. The van der Waals surface area contributed by atoms with Crippen LogP contribution in [0.4, 0.5) is 10.5 Å². The molecule has 3 rings (SSSR count). The molecule has 0 fully saturated rings. The second kappa shape index (κ2) is 10.8. The van der Waals surface area contributed by atoms with E-state index in [1.54, 1.807) is 39.0 Å². The second-order valence-electron chi connectivity index (χ2n) is 8.66. The third kappa shape index (κ3) is 7.20. The van der Waals surface area contributed by atoms with Gasteiger partial charge in [0.25, 0.3) is 0 Å². The maximum atomic E-state index is 12.4. The van der Waals surface area contributed by atoms with Crippen LogP contribution in [0, 0.1) is 0 Å². The number of benzene rings is 2. The molecular weight excluding hydrogens is 420 g/mol. The van der Waals surface area contributed by atoms with E-state index in [2.05, 4.69) is 10.3 Å². The molecule has 0 aliphatic rings. The van der Waals surface area contributed by atoms with Crippen molar-refractivity contribution in [3.63, 3.8) is 0 Å². The van der Waals surface area contributed by atoms with Crippen molar-refractivity contribution in [1.29, 1.82) is 0 Å². The van der Waals surface area contributed by atoms with E-state index < -0.39 is 17.7 Å². The van der Waals surface area contributed by atoms with Gasteiger partial charge in [-0.3, -0.25) is 10.3 Å². The molecule has 0 saturated heterocycles. The Morgan fingerprint density at radius 1 is 1.06 bits per heavy atom. The van der Waals surface area contributed by atoms with Crippen LogP contribution in [0.1, 0.15) is 56.5 Å². The number of fused-ring (bicyclic) bond motifs is 1. The fourth-order valence-corrected chi connectivity index (χ4v) is 3.06. The van der Waals surface area contributed by atoms with Gasteiger partial charge >= 0.3 is 12.1 Å². The van der Waals surface area contributed by atoms with Crippen molar-refractivity contribution >= 4 is 28.7 Å². The number of amides is 1. The Balaban J connectivity index is 1.91. The minimum absolute atomic E-state index is 0.328. The van der Waals surface area contributed by atoms with Gasteiger partial charge in [0.1, 0.15) is 23.5 Å². The summed E-state index contributed by atoms with van der Waals surface area (Å²) in [5.74, 6) is 0.0448. The van der Waals surface area contributed by atoms with Crippen LogP contribution < -0.4 is 10.1 Å². The first-order valence-electron chi connectivity index (χ1n) is 11.0. The van der Waals surface area contributed by atoms with Crippen molar-refractivity contribution in [2.75, 3.05) is 11.9 Å². The van der Waals surface area contributed by atoms with Gasteiger partial charge in [0.15, 0.2) is 0 Å². The number of esters is 1. The lowest BCUT2D eigenvalue weighted by Crippen LogP contribution is -2.27. The Morgan fingerprint density at radius 3 is 2.52 bits per heavy atom. The van der Waals surface area contributed by atoms with Crippen LogP contribution >= 0.6 is 0 Å². The molecular formula is C26H30N2O5. The summed E-state index contributed by atoms with van der Waals surface area (Å²) in [6.07, 6.45) is 2.63. The van der Waals surface area contributed by atoms with Crippen LogP contribution in [-0.4, -0.2) is 29.3 Å². The predicted molar refractivity (Wildman–Crippen MR) is 128 cm³/mol. The number of unbranched alkanes of at least 4 members (excludes halogenated alkanes) is 1.